The first kappa shape index (κ1) is 14.5. The van der Waals surface area contributed by atoms with Gasteiger partial charge in [-0.3, -0.25) is 4.79 Å². The van der Waals surface area contributed by atoms with Crippen molar-refractivity contribution in [2.75, 3.05) is 5.32 Å². The van der Waals surface area contributed by atoms with Crippen molar-refractivity contribution >= 4 is 33.1 Å². The number of amides is 1. The van der Waals surface area contributed by atoms with Gasteiger partial charge in [0.15, 0.2) is 0 Å². The lowest BCUT2D eigenvalue weighted by Gasteiger charge is -2.20. The lowest BCUT2D eigenvalue weighted by atomic mass is 9.86. The molecule has 0 radical (unpaired) electrons. The highest BCUT2D eigenvalue weighted by molar-refractivity contribution is 7.18. The van der Waals surface area contributed by atoms with E-state index < -0.39 is 0 Å². The molecule has 112 valence electrons. The molecular weight excluding hydrogens is 280 g/mol. The number of carbonyl (C=O) groups excluding carboxylic acids is 1. The number of anilines is 1. The van der Waals surface area contributed by atoms with E-state index in [1.807, 2.05) is 25.1 Å². The van der Waals surface area contributed by atoms with Crippen molar-refractivity contribution in [2.45, 2.75) is 51.9 Å². The van der Waals surface area contributed by atoms with Crippen LogP contribution < -0.4 is 5.32 Å². The van der Waals surface area contributed by atoms with Crippen molar-refractivity contribution in [3.8, 4) is 0 Å². The van der Waals surface area contributed by atoms with E-state index in [0.29, 0.717) is 6.42 Å². The minimum atomic E-state index is 0.140. The van der Waals surface area contributed by atoms with Crippen molar-refractivity contribution in [1.82, 2.24) is 4.98 Å². The topological polar surface area (TPSA) is 42.0 Å². The van der Waals surface area contributed by atoms with E-state index in [1.54, 1.807) is 11.3 Å². The summed E-state index contributed by atoms with van der Waals surface area (Å²) in [5.74, 6) is 0.900. The Morgan fingerprint density at radius 1 is 1.33 bits per heavy atom. The number of carbonyl (C=O) groups is 1. The molecule has 3 nitrogen and oxygen atoms in total. The molecule has 0 unspecified atom stereocenters. The molecule has 1 aliphatic rings. The largest absolute Gasteiger partial charge is 0.326 e. The molecule has 1 aromatic heterocycles. The van der Waals surface area contributed by atoms with E-state index in [1.165, 1.54) is 32.1 Å². The molecule has 0 spiro atoms. The number of fused-ring (bicyclic) bond motifs is 1. The number of rotatable bonds is 4. The van der Waals surface area contributed by atoms with E-state index in [9.17, 15) is 4.79 Å². The number of benzene rings is 1. The summed E-state index contributed by atoms with van der Waals surface area (Å²) < 4.78 is 1.14. The van der Waals surface area contributed by atoms with Crippen LogP contribution in [0.25, 0.3) is 10.2 Å². The molecule has 3 rings (SSSR count). The van der Waals surface area contributed by atoms with Crippen LogP contribution in [0.2, 0.25) is 0 Å². The Kier molecular flexibility index (Phi) is 4.54. The van der Waals surface area contributed by atoms with E-state index >= 15 is 0 Å². The van der Waals surface area contributed by atoms with Crippen molar-refractivity contribution < 1.29 is 4.79 Å². The van der Waals surface area contributed by atoms with Gasteiger partial charge in [-0.2, -0.15) is 0 Å². The van der Waals surface area contributed by atoms with Gasteiger partial charge in [-0.15, -0.1) is 11.3 Å². The average Bonchev–Trinajstić information content (AvgIpc) is 2.85. The van der Waals surface area contributed by atoms with Crippen LogP contribution in [0.15, 0.2) is 18.2 Å². The minimum Gasteiger partial charge on any atom is -0.326 e. The molecule has 21 heavy (non-hydrogen) atoms. The van der Waals surface area contributed by atoms with Gasteiger partial charge in [0.1, 0.15) is 0 Å². The predicted octanol–water partition coefficient (Wildman–Crippen LogP) is 4.90. The van der Waals surface area contributed by atoms with Gasteiger partial charge < -0.3 is 5.32 Å². The Hall–Kier alpha value is -1.42. The fraction of sp³-hybridized carbons (Fsp3) is 0.529. The van der Waals surface area contributed by atoms with Gasteiger partial charge in [-0.1, -0.05) is 32.1 Å². The number of aryl methyl sites for hydroxylation is 1. The Balaban J connectivity index is 1.55. The highest BCUT2D eigenvalue weighted by Gasteiger charge is 2.15. The monoisotopic (exact) mass is 302 g/mol. The smallest absolute Gasteiger partial charge is 0.224 e. The summed E-state index contributed by atoms with van der Waals surface area (Å²) in [5, 5.41) is 4.08. The summed E-state index contributed by atoms with van der Waals surface area (Å²) >= 11 is 1.67. The van der Waals surface area contributed by atoms with Crippen molar-refractivity contribution in [3.63, 3.8) is 0 Å². The molecule has 0 aliphatic heterocycles. The molecule has 1 fully saturated rings. The van der Waals surface area contributed by atoms with Gasteiger partial charge >= 0.3 is 0 Å². The second kappa shape index (κ2) is 6.56. The van der Waals surface area contributed by atoms with Crippen LogP contribution in [0, 0.1) is 12.8 Å². The Bertz CT molecular complexity index is 629. The third kappa shape index (κ3) is 3.82. The summed E-state index contributed by atoms with van der Waals surface area (Å²) in [4.78, 5) is 16.5. The highest BCUT2D eigenvalue weighted by Crippen LogP contribution is 2.28. The number of thiazole rings is 1. The maximum absolute atomic E-state index is 12.1. The summed E-state index contributed by atoms with van der Waals surface area (Å²) in [6.45, 7) is 2.01. The number of nitrogens with zero attached hydrogens (tertiary/aromatic N) is 1. The molecule has 1 aromatic carbocycles. The number of aromatic nitrogens is 1. The van der Waals surface area contributed by atoms with E-state index in [2.05, 4.69) is 10.3 Å². The summed E-state index contributed by atoms with van der Waals surface area (Å²) in [6.07, 6.45) is 8.34. The zero-order valence-electron chi connectivity index (χ0n) is 12.5. The van der Waals surface area contributed by atoms with Crippen LogP contribution in [-0.2, 0) is 4.79 Å². The van der Waals surface area contributed by atoms with Crippen molar-refractivity contribution in [2.24, 2.45) is 5.92 Å². The molecule has 4 heteroatoms. The Labute approximate surface area is 129 Å². The molecular formula is C17H22N2OS. The fourth-order valence-electron chi connectivity index (χ4n) is 3.15. The first-order valence-electron chi connectivity index (χ1n) is 7.88. The number of hydrogen-bond donors (Lipinski definition) is 1. The Morgan fingerprint density at radius 3 is 2.95 bits per heavy atom. The maximum atomic E-state index is 12.1. The summed E-state index contributed by atoms with van der Waals surface area (Å²) in [7, 11) is 0. The molecule has 1 N–H and O–H groups in total. The third-order valence-electron chi connectivity index (χ3n) is 4.28. The van der Waals surface area contributed by atoms with Crippen LogP contribution in [0.1, 0.15) is 50.0 Å². The predicted molar refractivity (Wildman–Crippen MR) is 88.8 cm³/mol. The van der Waals surface area contributed by atoms with E-state index in [0.717, 1.165) is 33.3 Å². The molecule has 1 amide bonds. The lowest BCUT2D eigenvalue weighted by Crippen LogP contribution is -2.14. The molecule has 2 aromatic rings. The molecule has 0 saturated heterocycles. The molecule has 1 heterocycles. The average molecular weight is 302 g/mol. The van der Waals surface area contributed by atoms with Gasteiger partial charge in [0.05, 0.1) is 15.2 Å². The van der Waals surface area contributed by atoms with Gasteiger partial charge in [0.2, 0.25) is 5.91 Å². The van der Waals surface area contributed by atoms with Gasteiger partial charge in [0.25, 0.3) is 0 Å². The molecule has 0 bridgehead atoms. The zero-order valence-corrected chi connectivity index (χ0v) is 13.3. The normalized spacial score (nSPS) is 16.2. The van der Waals surface area contributed by atoms with Crippen molar-refractivity contribution in [1.29, 1.82) is 0 Å². The SMILES string of the molecule is Cc1nc2ccc(NC(=O)CCC3CCCCC3)cc2s1. The lowest BCUT2D eigenvalue weighted by molar-refractivity contribution is -0.116. The van der Waals surface area contributed by atoms with E-state index in [4.69, 9.17) is 0 Å². The quantitative estimate of drug-likeness (QED) is 0.872. The van der Waals surface area contributed by atoms with Crippen LogP contribution in [0.3, 0.4) is 0 Å². The summed E-state index contributed by atoms with van der Waals surface area (Å²) in [6, 6.07) is 5.95. The third-order valence-corrected chi connectivity index (χ3v) is 5.22. The molecule has 1 aliphatic carbocycles. The minimum absolute atomic E-state index is 0.140. The molecule has 1 saturated carbocycles. The number of nitrogens with one attached hydrogen (secondary N) is 1. The molecule has 0 atom stereocenters. The van der Waals surface area contributed by atoms with E-state index in [-0.39, 0.29) is 5.91 Å². The van der Waals surface area contributed by atoms with Crippen molar-refractivity contribution in [3.05, 3.63) is 23.2 Å². The van der Waals surface area contributed by atoms with Crippen LogP contribution in [0.5, 0.6) is 0 Å². The van der Waals surface area contributed by atoms with Crippen LogP contribution in [-0.4, -0.2) is 10.9 Å². The second-order valence-electron chi connectivity index (χ2n) is 6.01. The van der Waals surface area contributed by atoms with Crippen LogP contribution >= 0.6 is 11.3 Å². The zero-order chi connectivity index (χ0) is 14.7. The Morgan fingerprint density at radius 2 is 2.14 bits per heavy atom. The van der Waals surface area contributed by atoms with Gasteiger partial charge in [-0.25, -0.2) is 4.98 Å². The highest BCUT2D eigenvalue weighted by atomic mass is 32.1. The number of hydrogen-bond acceptors (Lipinski definition) is 3. The maximum Gasteiger partial charge on any atom is 0.224 e. The first-order valence-corrected chi connectivity index (χ1v) is 8.69. The van der Waals surface area contributed by atoms with Crippen LogP contribution in [0.4, 0.5) is 5.69 Å². The fourth-order valence-corrected chi connectivity index (χ4v) is 4.02. The summed E-state index contributed by atoms with van der Waals surface area (Å²) in [5.41, 5.74) is 1.90. The van der Waals surface area contributed by atoms with Gasteiger partial charge in [0, 0.05) is 12.1 Å². The standard InChI is InChI=1S/C17H22N2OS/c1-12-18-15-9-8-14(11-16(15)21-12)19-17(20)10-7-13-5-3-2-4-6-13/h8-9,11,13H,2-7,10H2,1H3,(H,19,20). The first-order chi connectivity index (χ1) is 10.2. The second-order valence-corrected chi connectivity index (χ2v) is 7.24. The van der Waals surface area contributed by atoms with Gasteiger partial charge in [-0.05, 0) is 37.5 Å².